The van der Waals surface area contributed by atoms with E-state index >= 15 is 0 Å². The molecule has 1 aromatic carbocycles. The Hall–Kier alpha value is -3.52. The Labute approximate surface area is 184 Å². The summed E-state index contributed by atoms with van der Waals surface area (Å²) in [5, 5.41) is 10.8. The molecule has 0 bridgehead atoms. The molecule has 0 spiro atoms. The Balaban J connectivity index is 1.73. The lowest BCUT2D eigenvalue weighted by Gasteiger charge is -2.11. The van der Waals surface area contributed by atoms with E-state index in [1.165, 1.54) is 11.8 Å². The van der Waals surface area contributed by atoms with Gasteiger partial charge in [0.1, 0.15) is 0 Å². The van der Waals surface area contributed by atoms with Gasteiger partial charge in [-0.25, -0.2) is 9.67 Å². The van der Waals surface area contributed by atoms with Gasteiger partial charge in [0.25, 0.3) is 5.91 Å². The number of fused-ring (bicyclic) bond motifs is 1. The van der Waals surface area contributed by atoms with Gasteiger partial charge < -0.3 is 10.6 Å². The van der Waals surface area contributed by atoms with Crippen molar-refractivity contribution in [2.75, 3.05) is 10.6 Å². The number of hydrogen-bond acceptors (Lipinski definition) is 5. The maximum atomic E-state index is 13.2. The van der Waals surface area contributed by atoms with E-state index in [-0.39, 0.29) is 17.9 Å². The summed E-state index contributed by atoms with van der Waals surface area (Å²) >= 11 is 1.64. The Bertz CT molecular complexity index is 1270. The highest BCUT2D eigenvalue weighted by atomic mass is 32.1. The van der Waals surface area contributed by atoms with Crippen molar-refractivity contribution in [3.63, 3.8) is 0 Å². The smallest absolute Gasteiger partial charge is 0.256 e. The number of rotatable bonds is 5. The standard InChI is InChI=1S/C23H23N5O2S/c1-13(2)28-22-19(12-24-28)18(11-20(27-22)21-10-5-14(3)31-21)23(30)26-17-8-6-16(7-9-17)25-15(4)29/h5-13H,1-4H3,(H,25,29)(H,26,30). The van der Waals surface area contributed by atoms with Gasteiger partial charge in [0, 0.05) is 29.2 Å². The molecule has 0 radical (unpaired) electrons. The zero-order valence-corrected chi connectivity index (χ0v) is 18.6. The summed E-state index contributed by atoms with van der Waals surface area (Å²) in [5.41, 5.74) is 3.26. The first-order chi connectivity index (χ1) is 14.8. The Morgan fingerprint density at radius 3 is 2.29 bits per heavy atom. The van der Waals surface area contributed by atoms with Gasteiger partial charge in [-0.05, 0) is 63.2 Å². The molecule has 2 N–H and O–H groups in total. The molecule has 0 aliphatic rings. The average Bonchev–Trinajstić information content (AvgIpc) is 3.34. The highest BCUT2D eigenvalue weighted by Crippen LogP contribution is 2.31. The number of benzene rings is 1. The molecule has 2 amide bonds. The molecule has 3 heterocycles. The molecule has 3 aromatic heterocycles. The maximum Gasteiger partial charge on any atom is 0.256 e. The van der Waals surface area contributed by atoms with Crippen LogP contribution in [0.5, 0.6) is 0 Å². The number of amides is 2. The van der Waals surface area contributed by atoms with Crippen molar-refractivity contribution in [2.24, 2.45) is 0 Å². The van der Waals surface area contributed by atoms with Crippen molar-refractivity contribution in [2.45, 2.75) is 33.7 Å². The quantitative estimate of drug-likeness (QED) is 0.449. The van der Waals surface area contributed by atoms with E-state index in [1.807, 2.05) is 43.7 Å². The molecule has 0 aliphatic carbocycles. The summed E-state index contributed by atoms with van der Waals surface area (Å²) in [5.74, 6) is -0.382. The first-order valence-electron chi connectivity index (χ1n) is 9.96. The topological polar surface area (TPSA) is 88.9 Å². The number of carbonyl (C=O) groups is 2. The lowest BCUT2D eigenvalue weighted by atomic mass is 10.1. The van der Waals surface area contributed by atoms with E-state index in [0.717, 1.165) is 10.6 Å². The van der Waals surface area contributed by atoms with Crippen LogP contribution in [0.2, 0.25) is 0 Å². The third-order valence-electron chi connectivity index (χ3n) is 4.76. The molecular weight excluding hydrogens is 410 g/mol. The van der Waals surface area contributed by atoms with Crippen LogP contribution < -0.4 is 10.6 Å². The van der Waals surface area contributed by atoms with Crippen molar-refractivity contribution in [3.05, 3.63) is 59.1 Å². The number of nitrogens with one attached hydrogen (secondary N) is 2. The fraction of sp³-hybridized carbons (Fsp3) is 0.217. The minimum Gasteiger partial charge on any atom is -0.326 e. The van der Waals surface area contributed by atoms with Gasteiger partial charge >= 0.3 is 0 Å². The predicted octanol–water partition coefficient (Wildman–Crippen LogP) is 5.26. The van der Waals surface area contributed by atoms with E-state index in [2.05, 4.69) is 15.7 Å². The van der Waals surface area contributed by atoms with Crippen molar-refractivity contribution < 1.29 is 9.59 Å². The molecule has 0 saturated heterocycles. The Morgan fingerprint density at radius 1 is 1.03 bits per heavy atom. The number of anilines is 2. The maximum absolute atomic E-state index is 13.2. The van der Waals surface area contributed by atoms with Crippen LogP contribution in [0.3, 0.4) is 0 Å². The van der Waals surface area contributed by atoms with Gasteiger partial charge in [0.05, 0.1) is 27.7 Å². The predicted molar refractivity (Wildman–Crippen MR) is 125 cm³/mol. The first-order valence-corrected chi connectivity index (χ1v) is 10.8. The number of carbonyl (C=O) groups excluding carboxylic acids is 2. The third-order valence-corrected chi connectivity index (χ3v) is 5.78. The fourth-order valence-electron chi connectivity index (χ4n) is 3.32. The van der Waals surface area contributed by atoms with Gasteiger partial charge in [0.15, 0.2) is 5.65 Å². The fourth-order valence-corrected chi connectivity index (χ4v) is 4.15. The molecule has 0 unspecified atom stereocenters. The number of aryl methyl sites for hydroxylation is 1. The monoisotopic (exact) mass is 433 g/mol. The van der Waals surface area contributed by atoms with Crippen molar-refractivity contribution >= 4 is 45.6 Å². The molecule has 0 atom stereocenters. The van der Waals surface area contributed by atoms with E-state index in [9.17, 15) is 9.59 Å². The van der Waals surface area contributed by atoms with Crippen molar-refractivity contribution in [3.8, 4) is 10.6 Å². The summed E-state index contributed by atoms with van der Waals surface area (Å²) in [7, 11) is 0. The summed E-state index contributed by atoms with van der Waals surface area (Å²) < 4.78 is 1.83. The zero-order valence-electron chi connectivity index (χ0n) is 17.8. The van der Waals surface area contributed by atoms with Crippen molar-refractivity contribution in [1.82, 2.24) is 14.8 Å². The summed E-state index contributed by atoms with van der Waals surface area (Å²) in [6.45, 7) is 7.57. The summed E-state index contributed by atoms with van der Waals surface area (Å²) in [6.07, 6.45) is 1.70. The second-order valence-corrected chi connectivity index (χ2v) is 8.89. The zero-order chi connectivity index (χ0) is 22.1. The Kier molecular flexibility index (Phi) is 5.56. The summed E-state index contributed by atoms with van der Waals surface area (Å²) in [6, 6.07) is 13.0. The molecule has 7 nitrogen and oxygen atoms in total. The van der Waals surface area contributed by atoms with Gasteiger partial charge in [0.2, 0.25) is 5.91 Å². The highest BCUT2D eigenvalue weighted by molar-refractivity contribution is 7.15. The van der Waals surface area contributed by atoms with E-state index < -0.39 is 0 Å². The van der Waals surface area contributed by atoms with Gasteiger partial charge in [-0.15, -0.1) is 11.3 Å². The summed E-state index contributed by atoms with van der Waals surface area (Å²) in [4.78, 5) is 31.4. The minimum absolute atomic E-state index is 0.113. The van der Waals surface area contributed by atoms with Crippen LogP contribution in [-0.2, 0) is 4.79 Å². The third kappa shape index (κ3) is 4.34. The molecule has 31 heavy (non-hydrogen) atoms. The molecule has 0 aliphatic heterocycles. The van der Waals surface area contributed by atoms with Gasteiger partial charge in [-0.1, -0.05) is 0 Å². The number of pyridine rings is 1. The van der Waals surface area contributed by atoms with Crippen LogP contribution in [0.15, 0.2) is 48.7 Å². The molecule has 4 aromatic rings. The number of aromatic nitrogens is 3. The molecule has 0 fully saturated rings. The van der Waals surface area contributed by atoms with Crippen LogP contribution in [0.25, 0.3) is 21.6 Å². The van der Waals surface area contributed by atoms with Crippen molar-refractivity contribution in [1.29, 1.82) is 0 Å². The number of nitrogens with zero attached hydrogens (tertiary/aromatic N) is 3. The normalized spacial score (nSPS) is 11.1. The first kappa shape index (κ1) is 20.7. The second kappa shape index (κ2) is 8.31. The average molecular weight is 434 g/mol. The minimum atomic E-state index is -0.238. The Morgan fingerprint density at radius 2 is 1.71 bits per heavy atom. The molecular formula is C23H23N5O2S. The van der Waals surface area contributed by atoms with Gasteiger partial charge in [-0.2, -0.15) is 5.10 Å². The highest BCUT2D eigenvalue weighted by Gasteiger charge is 2.19. The second-order valence-electron chi connectivity index (χ2n) is 7.60. The van der Waals surface area contributed by atoms with Crippen LogP contribution >= 0.6 is 11.3 Å². The van der Waals surface area contributed by atoms with Crippen LogP contribution in [-0.4, -0.2) is 26.6 Å². The van der Waals surface area contributed by atoms with E-state index in [0.29, 0.717) is 28.0 Å². The largest absolute Gasteiger partial charge is 0.326 e. The SMILES string of the molecule is CC(=O)Nc1ccc(NC(=O)c2cc(-c3ccc(C)s3)nc3c2cnn3C(C)C)cc1. The molecule has 158 valence electrons. The molecule has 0 saturated carbocycles. The lowest BCUT2D eigenvalue weighted by Crippen LogP contribution is -2.13. The molecule has 8 heteroatoms. The van der Waals surface area contributed by atoms with Crippen LogP contribution in [0.1, 0.15) is 42.0 Å². The van der Waals surface area contributed by atoms with E-state index in [4.69, 9.17) is 4.98 Å². The van der Waals surface area contributed by atoms with Gasteiger partial charge in [-0.3, -0.25) is 9.59 Å². The number of thiophene rings is 1. The number of hydrogen-bond donors (Lipinski definition) is 2. The van der Waals surface area contributed by atoms with Crippen LogP contribution in [0, 0.1) is 6.92 Å². The van der Waals surface area contributed by atoms with Crippen LogP contribution in [0.4, 0.5) is 11.4 Å². The lowest BCUT2D eigenvalue weighted by molar-refractivity contribution is -0.114. The van der Waals surface area contributed by atoms with E-state index in [1.54, 1.807) is 41.8 Å². The molecule has 4 rings (SSSR count).